The number of aryl methyl sites for hydroxylation is 1. The van der Waals surface area contributed by atoms with Crippen molar-refractivity contribution in [2.24, 2.45) is 5.41 Å². The first-order chi connectivity index (χ1) is 14.9. The molecule has 3 aliphatic carbocycles. The summed E-state index contributed by atoms with van der Waals surface area (Å²) in [6.07, 6.45) is 5.08. The van der Waals surface area contributed by atoms with Crippen molar-refractivity contribution >= 4 is 28.4 Å². The molecule has 0 unspecified atom stereocenters. The second kappa shape index (κ2) is 7.35. The molecule has 3 saturated carbocycles. The molecule has 3 aliphatic rings. The quantitative estimate of drug-likeness (QED) is 0.538. The summed E-state index contributed by atoms with van der Waals surface area (Å²) in [6.45, 7) is 2.00. The third-order valence-corrected chi connectivity index (χ3v) is 7.59. The van der Waals surface area contributed by atoms with Crippen LogP contribution >= 0.6 is 11.6 Å². The van der Waals surface area contributed by atoms with Crippen LogP contribution in [-0.2, 0) is 0 Å². The normalized spacial score (nSPS) is 24.7. The lowest BCUT2D eigenvalue weighted by atomic mass is 9.58. The maximum Gasteiger partial charge on any atom is 0.253 e. The van der Waals surface area contributed by atoms with E-state index in [1.165, 1.54) is 0 Å². The number of pyridine rings is 1. The van der Waals surface area contributed by atoms with Crippen LogP contribution in [-0.4, -0.2) is 16.4 Å². The molecule has 0 aliphatic heterocycles. The van der Waals surface area contributed by atoms with Crippen molar-refractivity contribution < 1.29 is 4.79 Å². The van der Waals surface area contributed by atoms with E-state index < -0.39 is 0 Å². The lowest BCUT2D eigenvalue weighted by molar-refractivity contribution is 0.0522. The van der Waals surface area contributed by atoms with Gasteiger partial charge < -0.3 is 5.32 Å². The SMILES string of the molecule is Cc1ccc2nc(-c3ccccc3)c(Cl)c(C(=O)NC34CCC(C#N)(CC3)CC4)c2c1. The number of hydrogen-bond acceptors (Lipinski definition) is 3. The van der Waals surface area contributed by atoms with Gasteiger partial charge in [0.25, 0.3) is 5.91 Å². The molecular weight excluding hydrogens is 406 g/mol. The molecule has 31 heavy (non-hydrogen) atoms. The van der Waals surface area contributed by atoms with E-state index in [1.54, 1.807) is 0 Å². The molecule has 1 heterocycles. The number of hydrogen-bond donors (Lipinski definition) is 1. The van der Waals surface area contributed by atoms with E-state index in [4.69, 9.17) is 16.6 Å². The Morgan fingerprint density at radius 3 is 2.39 bits per heavy atom. The molecule has 2 bridgehead atoms. The zero-order valence-electron chi connectivity index (χ0n) is 17.5. The molecule has 3 aromatic rings. The van der Waals surface area contributed by atoms with Crippen molar-refractivity contribution in [2.45, 2.75) is 51.0 Å². The number of halogens is 1. The highest BCUT2D eigenvalue weighted by Gasteiger charge is 2.49. The van der Waals surface area contributed by atoms with Gasteiger partial charge in [-0.3, -0.25) is 4.79 Å². The van der Waals surface area contributed by atoms with Crippen molar-refractivity contribution in [3.63, 3.8) is 0 Å². The molecule has 1 N–H and O–H groups in total. The highest BCUT2D eigenvalue weighted by atomic mass is 35.5. The first kappa shape index (κ1) is 20.0. The molecule has 0 spiro atoms. The zero-order valence-corrected chi connectivity index (χ0v) is 18.3. The summed E-state index contributed by atoms with van der Waals surface area (Å²) in [7, 11) is 0. The number of carbonyl (C=O) groups excluding carboxylic acids is 1. The Labute approximate surface area is 187 Å². The van der Waals surface area contributed by atoms with E-state index in [-0.39, 0.29) is 16.9 Å². The van der Waals surface area contributed by atoms with Crippen LogP contribution < -0.4 is 5.32 Å². The van der Waals surface area contributed by atoms with Crippen molar-refractivity contribution in [3.8, 4) is 17.3 Å². The van der Waals surface area contributed by atoms with Crippen LogP contribution in [0.4, 0.5) is 0 Å². The molecule has 5 heteroatoms. The third-order valence-electron chi connectivity index (χ3n) is 7.22. The summed E-state index contributed by atoms with van der Waals surface area (Å²) < 4.78 is 0. The van der Waals surface area contributed by atoms with E-state index >= 15 is 0 Å². The lowest BCUT2D eigenvalue weighted by Gasteiger charge is -2.50. The second-order valence-corrected chi connectivity index (χ2v) is 9.54. The third kappa shape index (κ3) is 3.38. The van der Waals surface area contributed by atoms with Gasteiger partial charge in [-0.05, 0) is 57.6 Å². The Morgan fingerprint density at radius 2 is 1.74 bits per heavy atom. The van der Waals surface area contributed by atoms with E-state index in [1.807, 2.05) is 55.5 Å². The van der Waals surface area contributed by atoms with Crippen LogP contribution in [0.2, 0.25) is 5.02 Å². The van der Waals surface area contributed by atoms with Gasteiger partial charge in [0.1, 0.15) is 0 Å². The first-order valence-corrected chi connectivity index (χ1v) is 11.2. The molecule has 2 aromatic carbocycles. The summed E-state index contributed by atoms with van der Waals surface area (Å²) in [5.41, 5.74) is 3.38. The molecule has 1 aromatic heterocycles. The monoisotopic (exact) mass is 429 g/mol. The lowest BCUT2D eigenvalue weighted by Crippen LogP contribution is -2.56. The summed E-state index contributed by atoms with van der Waals surface area (Å²) in [4.78, 5) is 18.5. The standard InChI is InChI=1S/C26H24ClN3O/c1-17-7-8-20-19(15-17)21(22(27)23(29-20)18-5-3-2-4-6-18)24(31)30-26-12-9-25(16-28,10-13-26)11-14-26/h2-8,15H,9-14H2,1H3,(H,30,31). The summed E-state index contributed by atoms with van der Waals surface area (Å²) in [6, 6.07) is 18.2. The van der Waals surface area contributed by atoms with Gasteiger partial charge in [0.2, 0.25) is 0 Å². The summed E-state index contributed by atoms with van der Waals surface area (Å²) in [5.74, 6) is -0.147. The van der Waals surface area contributed by atoms with Crippen molar-refractivity contribution in [2.75, 3.05) is 0 Å². The average Bonchev–Trinajstić information content (AvgIpc) is 2.80. The van der Waals surface area contributed by atoms with E-state index in [0.29, 0.717) is 16.3 Å². The summed E-state index contributed by atoms with van der Waals surface area (Å²) >= 11 is 6.86. The van der Waals surface area contributed by atoms with Gasteiger partial charge >= 0.3 is 0 Å². The maximum absolute atomic E-state index is 13.7. The molecule has 156 valence electrons. The molecule has 4 nitrogen and oxygen atoms in total. The van der Waals surface area contributed by atoms with Crippen molar-refractivity contribution in [1.82, 2.24) is 10.3 Å². The largest absolute Gasteiger partial charge is 0.347 e. The number of aromatic nitrogens is 1. The van der Waals surface area contributed by atoms with E-state index in [9.17, 15) is 10.1 Å². The first-order valence-electron chi connectivity index (χ1n) is 10.8. The predicted octanol–water partition coefficient (Wildman–Crippen LogP) is 6.21. The molecule has 6 rings (SSSR count). The molecule has 0 radical (unpaired) electrons. The number of nitrogens with zero attached hydrogens (tertiary/aromatic N) is 2. The van der Waals surface area contributed by atoms with Crippen molar-refractivity contribution in [1.29, 1.82) is 5.26 Å². The Kier molecular flexibility index (Phi) is 4.75. The van der Waals surface area contributed by atoms with Gasteiger partial charge in [-0.1, -0.05) is 53.6 Å². The van der Waals surface area contributed by atoms with Gasteiger partial charge in [-0.15, -0.1) is 0 Å². The molecule has 1 amide bonds. The minimum absolute atomic E-state index is 0.147. The fourth-order valence-electron chi connectivity index (χ4n) is 5.21. The van der Waals surface area contributed by atoms with E-state index in [0.717, 1.165) is 60.6 Å². The zero-order chi connectivity index (χ0) is 21.6. The second-order valence-electron chi connectivity index (χ2n) is 9.16. The summed E-state index contributed by atoms with van der Waals surface area (Å²) in [5, 5.41) is 14.1. The van der Waals surface area contributed by atoms with Gasteiger partial charge in [-0.25, -0.2) is 4.98 Å². The number of carbonyl (C=O) groups is 1. The van der Waals surface area contributed by atoms with Gasteiger partial charge in [0.15, 0.2) is 0 Å². The molecule has 0 saturated heterocycles. The fourth-order valence-corrected chi connectivity index (χ4v) is 5.55. The Bertz CT molecular complexity index is 1200. The molecule has 3 fully saturated rings. The van der Waals surface area contributed by atoms with Crippen LogP contribution in [0.5, 0.6) is 0 Å². The van der Waals surface area contributed by atoms with Crippen LogP contribution in [0.3, 0.4) is 0 Å². The smallest absolute Gasteiger partial charge is 0.253 e. The highest BCUT2D eigenvalue weighted by molar-refractivity contribution is 6.38. The number of fused-ring (bicyclic) bond motifs is 4. The average molecular weight is 430 g/mol. The van der Waals surface area contributed by atoms with Crippen LogP contribution in [0.15, 0.2) is 48.5 Å². The topological polar surface area (TPSA) is 65.8 Å². The Hall–Kier alpha value is -2.90. The van der Waals surface area contributed by atoms with Crippen LogP contribution in [0.25, 0.3) is 22.2 Å². The number of benzene rings is 2. The fraction of sp³-hybridized carbons (Fsp3) is 0.346. The Balaban J connectivity index is 1.59. The Morgan fingerprint density at radius 1 is 1.06 bits per heavy atom. The molecule has 0 atom stereocenters. The van der Waals surface area contributed by atoms with Gasteiger partial charge in [0, 0.05) is 16.5 Å². The number of nitrogens with one attached hydrogen (secondary N) is 1. The van der Waals surface area contributed by atoms with Gasteiger partial charge in [0.05, 0.1) is 33.3 Å². The van der Waals surface area contributed by atoms with Crippen molar-refractivity contribution in [3.05, 3.63) is 64.7 Å². The number of amides is 1. The van der Waals surface area contributed by atoms with Crippen LogP contribution in [0, 0.1) is 23.7 Å². The van der Waals surface area contributed by atoms with Gasteiger partial charge in [-0.2, -0.15) is 5.26 Å². The van der Waals surface area contributed by atoms with E-state index in [2.05, 4.69) is 11.4 Å². The molecular formula is C26H24ClN3O. The maximum atomic E-state index is 13.7. The highest BCUT2D eigenvalue weighted by Crippen LogP contribution is 2.52. The predicted molar refractivity (Wildman–Crippen MR) is 123 cm³/mol. The number of rotatable bonds is 3. The minimum atomic E-state index is -0.245. The van der Waals surface area contributed by atoms with Crippen LogP contribution in [0.1, 0.15) is 54.4 Å². The number of nitriles is 1. The minimum Gasteiger partial charge on any atom is -0.347 e.